The van der Waals surface area contributed by atoms with Crippen molar-refractivity contribution in [1.82, 2.24) is 14.5 Å². The van der Waals surface area contributed by atoms with Gasteiger partial charge in [-0.2, -0.15) is 0 Å². The summed E-state index contributed by atoms with van der Waals surface area (Å²) in [6.45, 7) is 1.87. The SMILES string of the molecule is Cc1ncnc2c1ccn2[C@@H]1O[C@H]([C@@H](O)c2ccc(I)cc2)[C@@H](O)[C@H]1O. The lowest BCUT2D eigenvalue weighted by atomic mass is 9.99. The van der Waals surface area contributed by atoms with Crippen LogP contribution in [0.4, 0.5) is 0 Å². The second kappa shape index (κ2) is 6.86. The zero-order chi connectivity index (χ0) is 18.4. The number of rotatable bonds is 3. The minimum Gasteiger partial charge on any atom is -0.387 e. The largest absolute Gasteiger partial charge is 0.387 e. The van der Waals surface area contributed by atoms with E-state index in [-0.39, 0.29) is 0 Å². The Labute approximate surface area is 163 Å². The molecule has 3 heterocycles. The molecule has 3 N–H and O–H groups in total. The highest BCUT2D eigenvalue weighted by Gasteiger charge is 2.47. The van der Waals surface area contributed by atoms with Gasteiger partial charge < -0.3 is 24.6 Å². The molecule has 0 spiro atoms. The minimum absolute atomic E-state index is 0.609. The molecular weight excluding hydrogens is 449 g/mol. The number of aryl methyl sites for hydroxylation is 1. The maximum absolute atomic E-state index is 10.6. The second-order valence-electron chi connectivity index (χ2n) is 6.39. The molecule has 7 nitrogen and oxygen atoms in total. The summed E-state index contributed by atoms with van der Waals surface area (Å²) in [5, 5.41) is 32.5. The predicted octanol–water partition coefficient (Wildman–Crippen LogP) is 1.70. The number of halogens is 1. The predicted molar refractivity (Wildman–Crippen MR) is 102 cm³/mol. The molecule has 136 valence electrons. The van der Waals surface area contributed by atoms with E-state index in [0.29, 0.717) is 11.2 Å². The summed E-state index contributed by atoms with van der Waals surface area (Å²) in [6.07, 6.45) is -2.08. The summed E-state index contributed by atoms with van der Waals surface area (Å²) in [5.74, 6) is 0. The maximum atomic E-state index is 10.6. The molecule has 3 aromatic rings. The van der Waals surface area contributed by atoms with Crippen LogP contribution in [0.25, 0.3) is 11.0 Å². The van der Waals surface area contributed by atoms with Gasteiger partial charge in [0.25, 0.3) is 0 Å². The fourth-order valence-electron chi connectivity index (χ4n) is 3.33. The van der Waals surface area contributed by atoms with Crippen LogP contribution >= 0.6 is 22.6 Å². The first kappa shape index (κ1) is 17.8. The Morgan fingerprint density at radius 2 is 1.85 bits per heavy atom. The Balaban J connectivity index is 1.65. The molecule has 0 amide bonds. The lowest BCUT2D eigenvalue weighted by Crippen LogP contribution is -2.34. The second-order valence-corrected chi connectivity index (χ2v) is 7.63. The van der Waals surface area contributed by atoms with E-state index in [0.717, 1.165) is 14.7 Å². The molecule has 0 radical (unpaired) electrons. The molecule has 1 fully saturated rings. The molecule has 1 saturated heterocycles. The molecule has 1 aliphatic heterocycles. The van der Waals surface area contributed by atoms with Gasteiger partial charge in [-0.1, -0.05) is 12.1 Å². The first-order valence-corrected chi connectivity index (χ1v) is 9.28. The highest BCUT2D eigenvalue weighted by Crippen LogP contribution is 2.37. The molecule has 0 saturated carbocycles. The monoisotopic (exact) mass is 467 g/mol. The maximum Gasteiger partial charge on any atom is 0.164 e. The number of aliphatic hydroxyl groups excluding tert-OH is 3. The van der Waals surface area contributed by atoms with Gasteiger partial charge in [-0.15, -0.1) is 0 Å². The van der Waals surface area contributed by atoms with Gasteiger partial charge in [0.2, 0.25) is 0 Å². The van der Waals surface area contributed by atoms with Crippen LogP contribution in [0.5, 0.6) is 0 Å². The van der Waals surface area contributed by atoms with Crippen LogP contribution in [0, 0.1) is 10.5 Å². The Kier molecular flexibility index (Phi) is 4.70. The number of benzene rings is 1. The molecule has 0 unspecified atom stereocenters. The lowest BCUT2D eigenvalue weighted by molar-refractivity contribution is -0.0848. The molecule has 1 aliphatic rings. The van der Waals surface area contributed by atoms with Gasteiger partial charge in [-0.05, 0) is 53.3 Å². The Bertz CT molecular complexity index is 930. The Morgan fingerprint density at radius 1 is 1.12 bits per heavy atom. The zero-order valence-electron chi connectivity index (χ0n) is 13.9. The normalized spacial score (nSPS) is 27.1. The number of fused-ring (bicyclic) bond motifs is 1. The van der Waals surface area contributed by atoms with E-state index in [1.807, 2.05) is 25.1 Å². The van der Waals surface area contributed by atoms with Crippen LogP contribution < -0.4 is 0 Å². The summed E-state index contributed by atoms with van der Waals surface area (Å²) in [5.41, 5.74) is 2.05. The van der Waals surface area contributed by atoms with Gasteiger partial charge in [-0.3, -0.25) is 0 Å². The third kappa shape index (κ3) is 2.91. The molecule has 26 heavy (non-hydrogen) atoms. The van der Waals surface area contributed by atoms with Gasteiger partial charge in [0.15, 0.2) is 6.23 Å². The number of hydrogen-bond donors (Lipinski definition) is 3. The summed E-state index contributed by atoms with van der Waals surface area (Å²) in [4.78, 5) is 8.41. The fourth-order valence-corrected chi connectivity index (χ4v) is 3.69. The first-order valence-electron chi connectivity index (χ1n) is 8.20. The van der Waals surface area contributed by atoms with Crippen LogP contribution in [0.3, 0.4) is 0 Å². The van der Waals surface area contributed by atoms with E-state index in [2.05, 4.69) is 32.6 Å². The van der Waals surface area contributed by atoms with E-state index in [1.54, 1.807) is 22.9 Å². The standard InChI is InChI=1S/C18H18IN3O4/c1-9-12-6-7-22(17(12)21-8-20-9)18-15(25)14(24)16(26-18)13(23)10-2-4-11(19)5-3-10/h2-8,13-16,18,23-25H,1H3/t13-,14-,15+,16+,18+/m0/s1. The molecule has 5 atom stereocenters. The Hall–Kier alpha value is -1.59. The topological polar surface area (TPSA) is 101 Å². The Morgan fingerprint density at radius 3 is 2.58 bits per heavy atom. The molecule has 0 bridgehead atoms. The number of ether oxygens (including phenoxy) is 1. The van der Waals surface area contributed by atoms with Crippen LogP contribution in [0.2, 0.25) is 0 Å². The molecular formula is C18H18IN3O4. The number of hydrogen-bond acceptors (Lipinski definition) is 6. The van der Waals surface area contributed by atoms with Crippen molar-refractivity contribution in [3.05, 3.63) is 57.7 Å². The quantitative estimate of drug-likeness (QED) is 0.508. The van der Waals surface area contributed by atoms with E-state index >= 15 is 0 Å². The smallest absolute Gasteiger partial charge is 0.164 e. The van der Waals surface area contributed by atoms with Crippen LogP contribution in [0.15, 0.2) is 42.9 Å². The van der Waals surface area contributed by atoms with Crippen molar-refractivity contribution >= 4 is 33.6 Å². The first-order chi connectivity index (χ1) is 12.5. The van der Waals surface area contributed by atoms with Crippen LogP contribution in [-0.4, -0.2) is 48.2 Å². The van der Waals surface area contributed by atoms with Crippen molar-refractivity contribution in [2.45, 2.75) is 37.6 Å². The minimum atomic E-state index is -1.23. The molecule has 8 heteroatoms. The number of nitrogens with zero attached hydrogens (tertiary/aromatic N) is 3. The highest BCUT2D eigenvalue weighted by atomic mass is 127. The third-order valence-electron chi connectivity index (χ3n) is 4.78. The van der Waals surface area contributed by atoms with Crippen molar-refractivity contribution in [2.24, 2.45) is 0 Å². The molecule has 0 aliphatic carbocycles. The van der Waals surface area contributed by atoms with Gasteiger partial charge in [0.1, 0.15) is 36.4 Å². The van der Waals surface area contributed by atoms with Crippen LogP contribution in [0.1, 0.15) is 23.6 Å². The number of aromatic nitrogens is 3. The highest BCUT2D eigenvalue weighted by molar-refractivity contribution is 14.1. The van der Waals surface area contributed by atoms with Crippen molar-refractivity contribution in [3.63, 3.8) is 0 Å². The molecule has 2 aromatic heterocycles. The van der Waals surface area contributed by atoms with E-state index in [1.165, 1.54) is 6.33 Å². The van der Waals surface area contributed by atoms with Crippen molar-refractivity contribution in [1.29, 1.82) is 0 Å². The van der Waals surface area contributed by atoms with Gasteiger partial charge in [-0.25, -0.2) is 9.97 Å². The summed E-state index contributed by atoms with van der Waals surface area (Å²) in [6, 6.07) is 9.14. The zero-order valence-corrected chi connectivity index (χ0v) is 16.1. The van der Waals surface area contributed by atoms with Gasteiger partial charge >= 0.3 is 0 Å². The molecule has 4 rings (SSSR count). The molecule has 1 aromatic carbocycles. The van der Waals surface area contributed by atoms with Gasteiger partial charge in [0, 0.05) is 15.2 Å². The average molecular weight is 467 g/mol. The summed E-state index contributed by atoms with van der Waals surface area (Å²) in [7, 11) is 0. The lowest BCUT2D eigenvalue weighted by Gasteiger charge is -2.21. The van der Waals surface area contributed by atoms with Gasteiger partial charge in [0.05, 0.1) is 5.69 Å². The van der Waals surface area contributed by atoms with Crippen molar-refractivity contribution < 1.29 is 20.1 Å². The van der Waals surface area contributed by atoms with Crippen LogP contribution in [-0.2, 0) is 4.74 Å². The van der Waals surface area contributed by atoms with E-state index in [4.69, 9.17) is 4.74 Å². The van der Waals surface area contributed by atoms with Crippen molar-refractivity contribution in [2.75, 3.05) is 0 Å². The average Bonchev–Trinajstić information content (AvgIpc) is 3.18. The fraction of sp³-hybridized carbons (Fsp3) is 0.333. The summed E-state index contributed by atoms with van der Waals surface area (Å²) >= 11 is 2.18. The summed E-state index contributed by atoms with van der Waals surface area (Å²) < 4.78 is 8.58. The van der Waals surface area contributed by atoms with E-state index < -0.39 is 30.6 Å². The van der Waals surface area contributed by atoms with E-state index in [9.17, 15) is 15.3 Å². The number of aliphatic hydroxyl groups is 3. The van der Waals surface area contributed by atoms with Crippen molar-refractivity contribution in [3.8, 4) is 0 Å². The third-order valence-corrected chi connectivity index (χ3v) is 5.50.